The highest BCUT2D eigenvalue weighted by Crippen LogP contribution is 2.29. The number of nitrogens with one attached hydrogen (secondary N) is 2. The SMILES string of the molecule is COCCNc1cc(NC(=O)c2cn(C)c3cc(-c4ccco4)c(C=O)nc23)ncc1C#N. The van der Waals surface area contributed by atoms with E-state index < -0.39 is 5.91 Å². The number of ether oxygens (including phenoxy) is 1. The molecule has 0 saturated carbocycles. The largest absolute Gasteiger partial charge is 0.464 e. The zero-order valence-electron chi connectivity index (χ0n) is 18.0. The normalized spacial score (nSPS) is 10.7. The molecule has 33 heavy (non-hydrogen) atoms. The minimum Gasteiger partial charge on any atom is -0.464 e. The summed E-state index contributed by atoms with van der Waals surface area (Å²) < 4.78 is 12.2. The van der Waals surface area contributed by atoms with Crippen molar-refractivity contribution in [2.24, 2.45) is 7.05 Å². The van der Waals surface area contributed by atoms with Gasteiger partial charge in [-0.15, -0.1) is 0 Å². The monoisotopic (exact) mass is 444 g/mol. The molecule has 0 bridgehead atoms. The van der Waals surface area contributed by atoms with Crippen LogP contribution < -0.4 is 10.6 Å². The van der Waals surface area contributed by atoms with E-state index in [0.717, 1.165) is 0 Å². The van der Waals surface area contributed by atoms with Gasteiger partial charge in [-0.2, -0.15) is 5.26 Å². The number of pyridine rings is 2. The van der Waals surface area contributed by atoms with Gasteiger partial charge in [0.25, 0.3) is 5.91 Å². The number of rotatable bonds is 8. The summed E-state index contributed by atoms with van der Waals surface area (Å²) in [5, 5.41) is 15.1. The summed E-state index contributed by atoms with van der Waals surface area (Å²) >= 11 is 0. The van der Waals surface area contributed by atoms with Crippen LogP contribution in [-0.4, -0.2) is 47.0 Å². The minimum absolute atomic E-state index is 0.166. The number of amides is 1. The number of nitriles is 1. The van der Waals surface area contributed by atoms with E-state index >= 15 is 0 Å². The lowest BCUT2D eigenvalue weighted by molar-refractivity contribution is 0.102. The highest BCUT2D eigenvalue weighted by molar-refractivity contribution is 6.12. The number of aryl methyl sites for hydroxylation is 1. The molecular weight excluding hydrogens is 424 g/mol. The molecule has 0 radical (unpaired) electrons. The molecule has 4 heterocycles. The third-order valence-electron chi connectivity index (χ3n) is 5.02. The first-order chi connectivity index (χ1) is 16.0. The molecule has 10 nitrogen and oxygen atoms in total. The highest BCUT2D eigenvalue weighted by atomic mass is 16.5. The molecule has 0 unspecified atom stereocenters. The lowest BCUT2D eigenvalue weighted by atomic mass is 10.1. The summed E-state index contributed by atoms with van der Waals surface area (Å²) in [6.45, 7) is 0.942. The van der Waals surface area contributed by atoms with Crippen LogP contribution >= 0.6 is 0 Å². The number of nitrogens with zero attached hydrogens (tertiary/aromatic N) is 4. The average Bonchev–Trinajstić information content (AvgIpc) is 3.47. The van der Waals surface area contributed by atoms with Crippen molar-refractivity contribution in [1.29, 1.82) is 5.26 Å². The predicted molar refractivity (Wildman–Crippen MR) is 121 cm³/mol. The van der Waals surface area contributed by atoms with E-state index in [1.807, 2.05) is 0 Å². The number of hydrogen-bond acceptors (Lipinski definition) is 8. The Kier molecular flexibility index (Phi) is 6.15. The van der Waals surface area contributed by atoms with Gasteiger partial charge in [-0.3, -0.25) is 9.59 Å². The predicted octanol–water partition coefficient (Wildman–Crippen LogP) is 3.22. The van der Waals surface area contributed by atoms with Gasteiger partial charge >= 0.3 is 0 Å². The molecule has 1 amide bonds. The Morgan fingerprint density at radius 1 is 1.39 bits per heavy atom. The number of carbonyl (C=O) groups excluding carboxylic acids is 2. The quantitative estimate of drug-likeness (QED) is 0.312. The lowest BCUT2D eigenvalue weighted by Crippen LogP contribution is -2.14. The van der Waals surface area contributed by atoms with Gasteiger partial charge in [-0.25, -0.2) is 9.97 Å². The summed E-state index contributed by atoms with van der Waals surface area (Å²) in [6, 6.07) is 8.86. The van der Waals surface area contributed by atoms with E-state index in [4.69, 9.17) is 9.15 Å². The van der Waals surface area contributed by atoms with Crippen LogP contribution in [0.4, 0.5) is 11.5 Å². The van der Waals surface area contributed by atoms with Crippen LogP contribution in [0.3, 0.4) is 0 Å². The van der Waals surface area contributed by atoms with Crippen LogP contribution in [0.15, 0.2) is 47.3 Å². The number of aromatic nitrogens is 3. The number of aldehydes is 1. The van der Waals surface area contributed by atoms with Crippen molar-refractivity contribution in [3.8, 4) is 17.4 Å². The fourth-order valence-electron chi connectivity index (χ4n) is 3.42. The molecule has 4 rings (SSSR count). The summed E-state index contributed by atoms with van der Waals surface area (Å²) in [5.41, 5.74) is 2.89. The Hall–Kier alpha value is -4.49. The van der Waals surface area contributed by atoms with Crippen molar-refractivity contribution in [1.82, 2.24) is 14.5 Å². The molecule has 2 N–H and O–H groups in total. The smallest absolute Gasteiger partial charge is 0.260 e. The number of furan rings is 1. The second-order valence-electron chi connectivity index (χ2n) is 7.14. The Bertz CT molecular complexity index is 1370. The van der Waals surface area contributed by atoms with E-state index in [1.54, 1.807) is 49.2 Å². The second kappa shape index (κ2) is 9.33. The number of anilines is 2. The number of hydrogen-bond donors (Lipinski definition) is 2. The first-order valence-electron chi connectivity index (χ1n) is 9.99. The maximum atomic E-state index is 13.1. The fourth-order valence-corrected chi connectivity index (χ4v) is 3.42. The van der Waals surface area contributed by atoms with E-state index in [2.05, 4.69) is 26.7 Å². The molecule has 0 saturated heterocycles. The van der Waals surface area contributed by atoms with Gasteiger partial charge in [-0.1, -0.05) is 0 Å². The van der Waals surface area contributed by atoms with Crippen molar-refractivity contribution in [3.63, 3.8) is 0 Å². The van der Waals surface area contributed by atoms with E-state index in [9.17, 15) is 14.9 Å². The van der Waals surface area contributed by atoms with E-state index in [0.29, 0.717) is 53.0 Å². The summed E-state index contributed by atoms with van der Waals surface area (Å²) in [7, 11) is 3.36. The van der Waals surface area contributed by atoms with Gasteiger partial charge in [0.05, 0.1) is 35.2 Å². The van der Waals surface area contributed by atoms with Crippen molar-refractivity contribution < 1.29 is 18.7 Å². The van der Waals surface area contributed by atoms with Gasteiger partial charge in [0.15, 0.2) is 6.29 Å². The molecule has 166 valence electrons. The van der Waals surface area contributed by atoms with Gasteiger partial charge in [0.1, 0.15) is 28.9 Å². The van der Waals surface area contributed by atoms with E-state index in [1.165, 1.54) is 12.5 Å². The Morgan fingerprint density at radius 2 is 2.24 bits per heavy atom. The summed E-state index contributed by atoms with van der Waals surface area (Å²) in [6.07, 6.45) is 5.16. The van der Waals surface area contributed by atoms with Gasteiger partial charge < -0.3 is 24.4 Å². The molecule has 10 heteroatoms. The van der Waals surface area contributed by atoms with Crippen LogP contribution in [-0.2, 0) is 11.8 Å². The summed E-state index contributed by atoms with van der Waals surface area (Å²) in [5.74, 6) is 0.323. The van der Waals surface area contributed by atoms with E-state index in [-0.39, 0.29) is 17.1 Å². The first kappa shape index (κ1) is 21.7. The summed E-state index contributed by atoms with van der Waals surface area (Å²) in [4.78, 5) is 33.3. The Balaban J connectivity index is 1.67. The van der Waals surface area contributed by atoms with Crippen molar-refractivity contribution in [2.75, 3.05) is 30.9 Å². The average molecular weight is 444 g/mol. The molecular formula is C23H20N6O4. The van der Waals surface area contributed by atoms with Crippen LogP contribution in [0, 0.1) is 11.3 Å². The van der Waals surface area contributed by atoms with Crippen LogP contribution in [0.2, 0.25) is 0 Å². The maximum absolute atomic E-state index is 13.1. The second-order valence-corrected chi connectivity index (χ2v) is 7.14. The third-order valence-corrected chi connectivity index (χ3v) is 5.02. The number of carbonyl (C=O) groups is 2. The van der Waals surface area contributed by atoms with Crippen LogP contribution in [0.25, 0.3) is 22.4 Å². The van der Waals surface area contributed by atoms with Crippen molar-refractivity contribution in [3.05, 3.63) is 59.7 Å². The van der Waals surface area contributed by atoms with Crippen molar-refractivity contribution in [2.45, 2.75) is 0 Å². The molecule has 0 atom stereocenters. The highest BCUT2D eigenvalue weighted by Gasteiger charge is 2.20. The Morgan fingerprint density at radius 3 is 2.94 bits per heavy atom. The lowest BCUT2D eigenvalue weighted by Gasteiger charge is -2.10. The molecule has 0 aliphatic carbocycles. The van der Waals surface area contributed by atoms with Crippen molar-refractivity contribution >= 4 is 34.7 Å². The zero-order valence-corrected chi connectivity index (χ0v) is 18.0. The van der Waals surface area contributed by atoms with Gasteiger partial charge in [0.2, 0.25) is 0 Å². The number of methoxy groups -OCH3 is 1. The molecule has 0 aliphatic heterocycles. The molecule has 0 fully saturated rings. The fraction of sp³-hybridized carbons (Fsp3) is 0.174. The molecule has 4 aromatic heterocycles. The van der Waals surface area contributed by atoms with Gasteiger partial charge in [-0.05, 0) is 18.2 Å². The maximum Gasteiger partial charge on any atom is 0.260 e. The topological polar surface area (TPSA) is 135 Å². The molecule has 0 aromatic carbocycles. The van der Waals surface area contributed by atoms with Crippen LogP contribution in [0.5, 0.6) is 0 Å². The minimum atomic E-state index is -0.448. The Labute approximate surface area is 188 Å². The number of fused-ring (bicyclic) bond motifs is 1. The zero-order chi connectivity index (χ0) is 23.4. The van der Waals surface area contributed by atoms with Gasteiger partial charge in [0, 0.05) is 44.7 Å². The first-order valence-corrected chi connectivity index (χ1v) is 9.99. The van der Waals surface area contributed by atoms with Crippen LogP contribution in [0.1, 0.15) is 26.4 Å². The molecule has 0 aliphatic rings. The standard InChI is InChI=1S/C23H20N6O4/c1-29-12-16(22-19(29)8-15(18(13-30)27-22)20-4-3-6-33-20)23(31)28-21-9-17(25-5-7-32-2)14(10-24)11-26-21/h3-4,6,8-9,11-13H,5,7H2,1-2H3,(H2,25,26,28,31). The molecule has 4 aromatic rings. The third kappa shape index (κ3) is 4.30. The molecule has 0 spiro atoms.